The van der Waals surface area contributed by atoms with Crippen molar-refractivity contribution in [3.63, 3.8) is 0 Å². The van der Waals surface area contributed by atoms with Gasteiger partial charge in [0.05, 0.1) is 30.0 Å². The predicted molar refractivity (Wildman–Crippen MR) is 104 cm³/mol. The standard InChI is InChI=1S/C19H16N6O2S/c1-10-15(12-6-4-3-5-7-12)17-20-14-9-24(8-13(14)18(26)25(17)22-10)19(27)16-11(2)21-23-28-16/h3-7,22H,8-9H2,1-2H3. The molecular weight excluding hydrogens is 376 g/mol. The quantitative estimate of drug-likeness (QED) is 0.565. The van der Waals surface area contributed by atoms with Crippen molar-refractivity contribution < 1.29 is 4.79 Å². The van der Waals surface area contributed by atoms with Crippen LogP contribution >= 0.6 is 11.5 Å². The van der Waals surface area contributed by atoms with Crippen LogP contribution in [0.3, 0.4) is 0 Å². The van der Waals surface area contributed by atoms with Gasteiger partial charge < -0.3 is 4.90 Å². The Morgan fingerprint density at radius 1 is 1.18 bits per heavy atom. The normalized spacial score (nSPS) is 13.3. The van der Waals surface area contributed by atoms with Crippen molar-refractivity contribution in [2.75, 3.05) is 0 Å². The third-order valence-electron chi connectivity index (χ3n) is 5.03. The van der Waals surface area contributed by atoms with E-state index in [-0.39, 0.29) is 18.0 Å². The van der Waals surface area contributed by atoms with E-state index in [9.17, 15) is 9.59 Å². The molecule has 0 saturated carbocycles. The summed E-state index contributed by atoms with van der Waals surface area (Å²) in [5, 5.41) is 7.03. The molecule has 0 aliphatic carbocycles. The minimum atomic E-state index is -0.168. The lowest BCUT2D eigenvalue weighted by molar-refractivity contribution is 0.0754. The highest BCUT2D eigenvalue weighted by Gasteiger charge is 2.31. The Balaban J connectivity index is 1.61. The number of carbonyl (C=O) groups is 1. The van der Waals surface area contributed by atoms with Crippen LogP contribution in [-0.2, 0) is 13.1 Å². The van der Waals surface area contributed by atoms with Crippen LogP contribution < -0.4 is 5.56 Å². The average Bonchev–Trinajstić information content (AvgIpc) is 3.39. The van der Waals surface area contributed by atoms with Crippen molar-refractivity contribution >= 4 is 23.1 Å². The number of aromatic nitrogens is 5. The van der Waals surface area contributed by atoms with Crippen molar-refractivity contribution in [1.82, 2.24) is 29.1 Å². The van der Waals surface area contributed by atoms with Gasteiger partial charge in [-0.05, 0) is 30.9 Å². The van der Waals surface area contributed by atoms with Gasteiger partial charge >= 0.3 is 0 Å². The second-order valence-corrected chi connectivity index (χ2v) is 7.58. The molecule has 1 amide bonds. The molecule has 0 saturated heterocycles. The van der Waals surface area contributed by atoms with E-state index in [2.05, 4.69) is 14.7 Å². The van der Waals surface area contributed by atoms with Gasteiger partial charge in [0.15, 0.2) is 5.65 Å². The van der Waals surface area contributed by atoms with Gasteiger partial charge in [0, 0.05) is 11.3 Å². The minimum absolute atomic E-state index is 0.167. The molecule has 5 rings (SSSR count). The van der Waals surface area contributed by atoms with Crippen molar-refractivity contribution in [3.05, 3.63) is 68.2 Å². The summed E-state index contributed by atoms with van der Waals surface area (Å²) in [4.78, 5) is 32.7. The molecule has 0 radical (unpaired) electrons. The van der Waals surface area contributed by atoms with E-state index < -0.39 is 0 Å². The first-order chi connectivity index (χ1) is 13.5. The fraction of sp³-hybridized carbons (Fsp3) is 0.211. The molecule has 4 aromatic rings. The van der Waals surface area contributed by atoms with E-state index in [1.165, 1.54) is 4.52 Å². The molecule has 3 aromatic heterocycles. The monoisotopic (exact) mass is 392 g/mol. The summed E-state index contributed by atoms with van der Waals surface area (Å²) < 4.78 is 5.31. The Hall–Kier alpha value is -3.33. The highest BCUT2D eigenvalue weighted by atomic mass is 32.1. The lowest BCUT2D eigenvalue weighted by Gasteiger charge is -2.13. The Bertz CT molecular complexity index is 1290. The maximum atomic E-state index is 13.1. The van der Waals surface area contributed by atoms with Crippen LogP contribution in [0.4, 0.5) is 0 Å². The van der Waals surface area contributed by atoms with Crippen LogP contribution in [0.2, 0.25) is 0 Å². The van der Waals surface area contributed by atoms with Gasteiger partial charge in [0.1, 0.15) is 4.88 Å². The molecule has 1 aromatic carbocycles. The molecular formula is C19H16N6O2S. The van der Waals surface area contributed by atoms with Gasteiger partial charge in [-0.2, -0.15) is 0 Å². The summed E-state index contributed by atoms with van der Waals surface area (Å²) in [6, 6.07) is 9.84. The summed E-state index contributed by atoms with van der Waals surface area (Å²) in [5.41, 5.74) is 4.96. The number of hydrogen-bond donors (Lipinski definition) is 1. The van der Waals surface area contributed by atoms with Crippen LogP contribution in [0.15, 0.2) is 35.1 Å². The van der Waals surface area contributed by atoms with Crippen LogP contribution in [0.1, 0.15) is 32.3 Å². The van der Waals surface area contributed by atoms with Crippen molar-refractivity contribution in [2.45, 2.75) is 26.9 Å². The zero-order valence-electron chi connectivity index (χ0n) is 15.3. The third kappa shape index (κ3) is 2.40. The maximum Gasteiger partial charge on any atom is 0.278 e. The molecule has 8 nitrogen and oxygen atoms in total. The lowest BCUT2D eigenvalue weighted by Crippen LogP contribution is -2.26. The summed E-state index contributed by atoms with van der Waals surface area (Å²) in [5.74, 6) is -0.168. The van der Waals surface area contributed by atoms with Crippen molar-refractivity contribution in [1.29, 1.82) is 0 Å². The second kappa shape index (κ2) is 6.10. The summed E-state index contributed by atoms with van der Waals surface area (Å²) in [6.07, 6.45) is 0. The van der Waals surface area contributed by atoms with Crippen LogP contribution in [0.5, 0.6) is 0 Å². The molecule has 28 heavy (non-hydrogen) atoms. The number of H-pyrrole nitrogens is 1. The number of nitrogens with one attached hydrogen (secondary N) is 1. The third-order valence-corrected chi connectivity index (χ3v) is 5.84. The Morgan fingerprint density at radius 3 is 2.68 bits per heavy atom. The van der Waals surface area contributed by atoms with Gasteiger partial charge in [-0.15, -0.1) is 5.10 Å². The molecule has 0 fully saturated rings. The fourth-order valence-electron chi connectivity index (χ4n) is 3.65. The topological polar surface area (TPSA) is 96.2 Å². The number of aryl methyl sites for hydroxylation is 2. The predicted octanol–water partition coefficient (Wildman–Crippen LogP) is 2.31. The molecule has 0 spiro atoms. The number of benzene rings is 1. The lowest BCUT2D eigenvalue weighted by atomic mass is 10.1. The van der Waals surface area contributed by atoms with Crippen LogP contribution in [0.25, 0.3) is 16.8 Å². The van der Waals surface area contributed by atoms with Gasteiger partial charge in [-0.3, -0.25) is 14.7 Å². The first-order valence-corrected chi connectivity index (χ1v) is 9.58. The number of nitrogens with zero attached hydrogens (tertiary/aromatic N) is 5. The zero-order valence-corrected chi connectivity index (χ0v) is 16.1. The Kier molecular flexibility index (Phi) is 3.66. The number of aromatic amines is 1. The summed E-state index contributed by atoms with van der Waals surface area (Å²) in [7, 11) is 0. The van der Waals surface area contributed by atoms with Gasteiger partial charge in [0.2, 0.25) is 0 Å². The summed E-state index contributed by atoms with van der Waals surface area (Å²) >= 11 is 1.07. The van der Waals surface area contributed by atoms with E-state index in [0.29, 0.717) is 34.0 Å². The molecule has 140 valence electrons. The molecule has 9 heteroatoms. The largest absolute Gasteiger partial charge is 0.327 e. The van der Waals surface area contributed by atoms with Crippen LogP contribution in [0, 0.1) is 13.8 Å². The van der Waals surface area contributed by atoms with E-state index in [1.807, 2.05) is 37.3 Å². The number of rotatable bonds is 2. The Labute approximate surface area is 163 Å². The highest BCUT2D eigenvalue weighted by Crippen LogP contribution is 2.29. The molecule has 0 bridgehead atoms. The Morgan fingerprint density at radius 2 is 1.96 bits per heavy atom. The van der Waals surface area contributed by atoms with E-state index in [1.54, 1.807) is 11.8 Å². The maximum absolute atomic E-state index is 13.1. The van der Waals surface area contributed by atoms with E-state index >= 15 is 0 Å². The highest BCUT2D eigenvalue weighted by molar-refractivity contribution is 7.07. The first-order valence-electron chi connectivity index (χ1n) is 8.81. The molecule has 0 unspecified atom stereocenters. The number of amides is 1. The molecule has 4 heterocycles. The second-order valence-electron chi connectivity index (χ2n) is 6.83. The SMILES string of the molecule is Cc1nnsc1C(=O)N1Cc2nc3c(-c4ccccc4)c(C)[nH]n3c(=O)c2C1. The van der Waals surface area contributed by atoms with Crippen molar-refractivity contribution in [3.8, 4) is 11.1 Å². The van der Waals surface area contributed by atoms with E-state index in [0.717, 1.165) is 28.4 Å². The molecule has 1 N–H and O–H groups in total. The van der Waals surface area contributed by atoms with Crippen molar-refractivity contribution in [2.24, 2.45) is 0 Å². The molecule has 1 aliphatic rings. The first kappa shape index (κ1) is 16.8. The number of fused-ring (bicyclic) bond motifs is 2. The van der Waals surface area contributed by atoms with Crippen LogP contribution in [-0.4, -0.2) is 35.0 Å². The minimum Gasteiger partial charge on any atom is -0.327 e. The zero-order chi connectivity index (χ0) is 19.4. The number of carbonyl (C=O) groups excluding carboxylic acids is 1. The van der Waals surface area contributed by atoms with Gasteiger partial charge in [-0.1, -0.05) is 34.8 Å². The smallest absolute Gasteiger partial charge is 0.278 e. The number of hydrogen-bond acceptors (Lipinski definition) is 6. The molecule has 0 atom stereocenters. The van der Waals surface area contributed by atoms with Gasteiger partial charge in [0.25, 0.3) is 11.5 Å². The fourth-order valence-corrected chi connectivity index (χ4v) is 4.27. The van der Waals surface area contributed by atoms with Gasteiger partial charge in [-0.25, -0.2) is 9.50 Å². The molecule has 1 aliphatic heterocycles. The van der Waals surface area contributed by atoms with E-state index in [4.69, 9.17) is 4.98 Å². The average molecular weight is 392 g/mol. The summed E-state index contributed by atoms with van der Waals surface area (Å²) in [6.45, 7) is 4.22.